The molecule has 0 bridgehead atoms. The Balaban J connectivity index is 1.94. The van der Waals surface area contributed by atoms with Crippen LogP contribution in [-0.4, -0.2) is 17.5 Å². The molecule has 1 heterocycles. The molecule has 1 aromatic rings. The minimum Gasteiger partial charge on any atom is -0.307 e. The Kier molecular flexibility index (Phi) is 4.47. The Labute approximate surface area is 107 Å². The van der Waals surface area contributed by atoms with Gasteiger partial charge in [0.25, 0.3) is 0 Å². The first-order chi connectivity index (χ1) is 8.29. The molecule has 1 N–H and O–H groups in total. The average molecular weight is 246 g/mol. The number of thioether (sulfide) groups is 1. The Morgan fingerprint density at radius 3 is 2.76 bits per heavy atom. The molecule has 2 atom stereocenters. The summed E-state index contributed by atoms with van der Waals surface area (Å²) in [6.45, 7) is 2.20. The van der Waals surface area contributed by atoms with E-state index in [1.165, 1.54) is 29.9 Å². The van der Waals surface area contributed by atoms with Crippen LogP contribution in [0, 0.1) is 11.3 Å². The fraction of sp³-hybridized carbons (Fsp3) is 0.500. The highest BCUT2D eigenvalue weighted by Crippen LogP contribution is 2.21. The molecule has 1 fully saturated rings. The summed E-state index contributed by atoms with van der Waals surface area (Å²) < 4.78 is 0. The highest BCUT2D eigenvalue weighted by atomic mass is 32.2. The van der Waals surface area contributed by atoms with Gasteiger partial charge >= 0.3 is 0 Å². The molecule has 0 radical (unpaired) electrons. The predicted molar refractivity (Wildman–Crippen MR) is 73.1 cm³/mol. The number of nitrogens with one attached hydrogen (secondary N) is 1. The van der Waals surface area contributed by atoms with Crippen molar-refractivity contribution in [2.24, 2.45) is 0 Å². The van der Waals surface area contributed by atoms with Gasteiger partial charge in [-0.15, -0.1) is 0 Å². The highest BCUT2D eigenvalue weighted by Gasteiger charge is 2.16. The lowest BCUT2D eigenvalue weighted by Crippen LogP contribution is -2.35. The molecule has 1 aliphatic rings. The molecule has 0 aliphatic carbocycles. The Hall–Kier alpha value is -0.980. The van der Waals surface area contributed by atoms with Gasteiger partial charge in [0.05, 0.1) is 11.6 Å². The molecule has 0 saturated carbocycles. The molecule has 0 aromatic heterocycles. The third-order valence-electron chi connectivity index (χ3n) is 3.19. The zero-order valence-corrected chi connectivity index (χ0v) is 11.0. The molecule has 2 rings (SSSR count). The van der Waals surface area contributed by atoms with Gasteiger partial charge in [-0.2, -0.15) is 17.0 Å². The standard InChI is InChI=1S/C14H18N2S/c1-11(16-14-3-2-8-17-10-14)13-6-4-12(9-15)5-7-13/h4-7,11,14,16H,2-3,8,10H2,1H3. The van der Waals surface area contributed by atoms with Gasteiger partial charge in [-0.05, 0) is 43.2 Å². The molecule has 17 heavy (non-hydrogen) atoms. The molecule has 90 valence electrons. The lowest BCUT2D eigenvalue weighted by atomic mass is 10.0. The third kappa shape index (κ3) is 3.49. The van der Waals surface area contributed by atoms with Crippen molar-refractivity contribution in [2.75, 3.05) is 11.5 Å². The lowest BCUT2D eigenvalue weighted by molar-refractivity contribution is 0.453. The minimum atomic E-state index is 0.367. The van der Waals surface area contributed by atoms with E-state index in [-0.39, 0.29) is 0 Å². The average Bonchev–Trinajstić information content (AvgIpc) is 2.40. The van der Waals surface area contributed by atoms with Crippen molar-refractivity contribution in [1.82, 2.24) is 5.32 Å². The number of nitriles is 1. The van der Waals surface area contributed by atoms with Crippen LogP contribution in [0.4, 0.5) is 0 Å². The maximum atomic E-state index is 8.76. The van der Waals surface area contributed by atoms with Crippen LogP contribution in [0.25, 0.3) is 0 Å². The molecule has 1 aliphatic heterocycles. The first-order valence-electron chi connectivity index (χ1n) is 6.13. The lowest BCUT2D eigenvalue weighted by Gasteiger charge is -2.26. The van der Waals surface area contributed by atoms with Crippen molar-refractivity contribution < 1.29 is 0 Å². The summed E-state index contributed by atoms with van der Waals surface area (Å²) in [5.41, 5.74) is 1.99. The number of rotatable bonds is 3. The summed E-state index contributed by atoms with van der Waals surface area (Å²) in [6, 6.07) is 11.0. The maximum Gasteiger partial charge on any atom is 0.0991 e. The van der Waals surface area contributed by atoms with Gasteiger partial charge in [0, 0.05) is 17.8 Å². The second kappa shape index (κ2) is 6.09. The molecule has 0 amide bonds. The number of benzene rings is 1. The van der Waals surface area contributed by atoms with Crippen molar-refractivity contribution >= 4 is 11.8 Å². The van der Waals surface area contributed by atoms with Gasteiger partial charge in [0.15, 0.2) is 0 Å². The van der Waals surface area contributed by atoms with Crippen molar-refractivity contribution in [2.45, 2.75) is 31.8 Å². The predicted octanol–water partition coefficient (Wildman–Crippen LogP) is 3.10. The van der Waals surface area contributed by atoms with Crippen LogP contribution in [0.1, 0.15) is 36.9 Å². The van der Waals surface area contributed by atoms with Gasteiger partial charge < -0.3 is 5.32 Å². The number of nitrogens with zero attached hydrogens (tertiary/aromatic N) is 1. The van der Waals surface area contributed by atoms with Gasteiger partial charge in [0.1, 0.15) is 0 Å². The quantitative estimate of drug-likeness (QED) is 0.890. The van der Waals surface area contributed by atoms with Crippen LogP contribution in [0.15, 0.2) is 24.3 Å². The molecule has 1 saturated heterocycles. The van der Waals surface area contributed by atoms with E-state index in [0.29, 0.717) is 12.1 Å². The summed E-state index contributed by atoms with van der Waals surface area (Å²) in [5.74, 6) is 2.53. The van der Waals surface area contributed by atoms with Crippen LogP contribution >= 0.6 is 11.8 Å². The van der Waals surface area contributed by atoms with Crippen LogP contribution in [0.5, 0.6) is 0 Å². The van der Waals surface area contributed by atoms with E-state index in [0.717, 1.165) is 5.56 Å². The van der Waals surface area contributed by atoms with E-state index >= 15 is 0 Å². The Bertz CT molecular complexity index is 388. The second-order valence-electron chi connectivity index (χ2n) is 4.54. The molecule has 2 nitrogen and oxygen atoms in total. The molecular formula is C14H18N2S. The fourth-order valence-corrected chi connectivity index (χ4v) is 3.25. The Morgan fingerprint density at radius 2 is 2.18 bits per heavy atom. The van der Waals surface area contributed by atoms with Crippen molar-refractivity contribution in [1.29, 1.82) is 5.26 Å². The van der Waals surface area contributed by atoms with Crippen molar-refractivity contribution in [3.8, 4) is 6.07 Å². The SMILES string of the molecule is CC(NC1CCCSC1)c1ccc(C#N)cc1. The normalized spacial score (nSPS) is 21.8. The number of hydrogen-bond acceptors (Lipinski definition) is 3. The smallest absolute Gasteiger partial charge is 0.0991 e. The van der Waals surface area contributed by atoms with Crippen molar-refractivity contribution in [3.05, 3.63) is 35.4 Å². The maximum absolute atomic E-state index is 8.76. The van der Waals surface area contributed by atoms with E-state index in [9.17, 15) is 0 Å². The summed E-state index contributed by atoms with van der Waals surface area (Å²) >= 11 is 2.04. The second-order valence-corrected chi connectivity index (χ2v) is 5.69. The minimum absolute atomic E-state index is 0.367. The molecule has 3 heteroatoms. The van der Waals surface area contributed by atoms with E-state index in [1.54, 1.807) is 0 Å². The zero-order chi connectivity index (χ0) is 12.1. The van der Waals surface area contributed by atoms with Gasteiger partial charge in [-0.3, -0.25) is 0 Å². The number of hydrogen-bond donors (Lipinski definition) is 1. The molecule has 0 spiro atoms. The fourth-order valence-electron chi connectivity index (χ4n) is 2.17. The van der Waals surface area contributed by atoms with Crippen LogP contribution in [-0.2, 0) is 0 Å². The van der Waals surface area contributed by atoms with Crippen LogP contribution in [0.2, 0.25) is 0 Å². The van der Waals surface area contributed by atoms with E-state index in [4.69, 9.17) is 5.26 Å². The van der Waals surface area contributed by atoms with Crippen molar-refractivity contribution in [3.63, 3.8) is 0 Å². The summed E-state index contributed by atoms with van der Waals surface area (Å²) in [5, 5.41) is 12.4. The van der Waals surface area contributed by atoms with Gasteiger partial charge in [-0.25, -0.2) is 0 Å². The first kappa shape index (κ1) is 12.5. The van der Waals surface area contributed by atoms with E-state index < -0.39 is 0 Å². The van der Waals surface area contributed by atoms with E-state index in [2.05, 4.69) is 18.3 Å². The highest BCUT2D eigenvalue weighted by molar-refractivity contribution is 7.99. The summed E-state index contributed by atoms with van der Waals surface area (Å²) in [7, 11) is 0. The van der Waals surface area contributed by atoms with Gasteiger partial charge in [0.2, 0.25) is 0 Å². The largest absolute Gasteiger partial charge is 0.307 e. The monoisotopic (exact) mass is 246 g/mol. The summed E-state index contributed by atoms with van der Waals surface area (Å²) in [4.78, 5) is 0. The van der Waals surface area contributed by atoms with Crippen LogP contribution in [0.3, 0.4) is 0 Å². The molecular weight excluding hydrogens is 228 g/mol. The molecule has 1 aromatic carbocycles. The van der Waals surface area contributed by atoms with Crippen LogP contribution < -0.4 is 5.32 Å². The molecule has 2 unspecified atom stereocenters. The Morgan fingerprint density at radius 1 is 1.41 bits per heavy atom. The third-order valence-corrected chi connectivity index (χ3v) is 4.40. The van der Waals surface area contributed by atoms with Gasteiger partial charge in [-0.1, -0.05) is 12.1 Å². The van der Waals surface area contributed by atoms with E-state index in [1.807, 2.05) is 36.0 Å². The first-order valence-corrected chi connectivity index (χ1v) is 7.29. The topological polar surface area (TPSA) is 35.8 Å². The zero-order valence-electron chi connectivity index (χ0n) is 10.1. The summed E-state index contributed by atoms with van der Waals surface area (Å²) in [6.07, 6.45) is 2.61.